The van der Waals surface area contributed by atoms with Crippen molar-refractivity contribution >= 4 is 17.5 Å². The van der Waals surface area contributed by atoms with Gasteiger partial charge in [-0.1, -0.05) is 35.9 Å². The van der Waals surface area contributed by atoms with Gasteiger partial charge in [0.25, 0.3) is 11.8 Å². The molecule has 6 heteroatoms. The number of nitrogens with one attached hydrogen (secondary N) is 2. The molecule has 6 nitrogen and oxygen atoms in total. The highest BCUT2D eigenvalue weighted by molar-refractivity contribution is 6.04. The van der Waals surface area contributed by atoms with Crippen LogP contribution in [0.5, 0.6) is 5.75 Å². The van der Waals surface area contributed by atoms with Gasteiger partial charge in [0.15, 0.2) is 6.61 Å². The quantitative estimate of drug-likeness (QED) is 0.664. The topological polar surface area (TPSA) is 80.3 Å². The number of carbonyl (C=O) groups is 2. The van der Waals surface area contributed by atoms with Crippen LogP contribution in [0.1, 0.15) is 21.5 Å². The summed E-state index contributed by atoms with van der Waals surface area (Å²) in [6, 6.07) is 18.2. The van der Waals surface area contributed by atoms with Crippen LogP contribution in [-0.2, 0) is 11.3 Å². The van der Waals surface area contributed by atoms with Crippen LogP contribution in [0.2, 0.25) is 0 Å². The van der Waals surface area contributed by atoms with Gasteiger partial charge in [-0.2, -0.15) is 0 Å². The molecule has 0 radical (unpaired) electrons. The summed E-state index contributed by atoms with van der Waals surface area (Å²) in [6.45, 7) is 2.19. The molecule has 0 aliphatic rings. The van der Waals surface area contributed by atoms with E-state index >= 15 is 0 Å². The van der Waals surface area contributed by atoms with Gasteiger partial charge in [0.1, 0.15) is 5.75 Å². The lowest BCUT2D eigenvalue weighted by Gasteiger charge is -2.12. The van der Waals surface area contributed by atoms with Crippen LogP contribution < -0.4 is 15.4 Å². The Morgan fingerprint density at radius 2 is 1.79 bits per heavy atom. The van der Waals surface area contributed by atoms with E-state index in [1.807, 2.05) is 49.4 Å². The maximum atomic E-state index is 12.3. The van der Waals surface area contributed by atoms with Gasteiger partial charge in [0, 0.05) is 24.6 Å². The number of nitrogens with zero attached hydrogens (tertiary/aromatic N) is 1. The van der Waals surface area contributed by atoms with Crippen molar-refractivity contribution in [3.8, 4) is 5.75 Å². The normalized spacial score (nSPS) is 10.2. The van der Waals surface area contributed by atoms with Crippen molar-refractivity contribution in [2.45, 2.75) is 13.5 Å². The first kappa shape index (κ1) is 19.1. The summed E-state index contributed by atoms with van der Waals surface area (Å²) >= 11 is 0. The third-order valence-corrected chi connectivity index (χ3v) is 4.06. The van der Waals surface area contributed by atoms with Crippen molar-refractivity contribution < 1.29 is 14.3 Å². The van der Waals surface area contributed by atoms with Crippen LogP contribution in [0.25, 0.3) is 0 Å². The summed E-state index contributed by atoms with van der Waals surface area (Å²) in [5.74, 6) is 0.147. The molecule has 2 aromatic carbocycles. The highest BCUT2D eigenvalue weighted by Crippen LogP contribution is 2.16. The highest BCUT2D eigenvalue weighted by Gasteiger charge is 2.10. The minimum Gasteiger partial charge on any atom is -0.484 e. The molecule has 0 unspecified atom stereocenters. The molecular weight excluding hydrogens is 354 g/mol. The van der Waals surface area contributed by atoms with Crippen molar-refractivity contribution in [1.29, 1.82) is 0 Å². The smallest absolute Gasteiger partial charge is 0.258 e. The minimum absolute atomic E-state index is 0.0761. The average Bonchev–Trinajstić information content (AvgIpc) is 2.73. The van der Waals surface area contributed by atoms with E-state index in [2.05, 4.69) is 15.6 Å². The zero-order chi connectivity index (χ0) is 19.8. The van der Waals surface area contributed by atoms with Crippen LogP contribution in [0.4, 0.5) is 5.69 Å². The highest BCUT2D eigenvalue weighted by atomic mass is 16.5. The van der Waals surface area contributed by atoms with Gasteiger partial charge >= 0.3 is 0 Å². The fraction of sp³-hybridized carbons (Fsp3) is 0.136. The van der Waals surface area contributed by atoms with Gasteiger partial charge < -0.3 is 15.4 Å². The number of ether oxygens (including phenoxy) is 1. The largest absolute Gasteiger partial charge is 0.484 e. The lowest BCUT2D eigenvalue weighted by Crippen LogP contribution is -2.29. The molecule has 0 fully saturated rings. The van der Waals surface area contributed by atoms with Gasteiger partial charge in [-0.3, -0.25) is 14.6 Å². The third kappa shape index (κ3) is 5.41. The molecule has 3 aromatic rings. The van der Waals surface area contributed by atoms with Crippen LogP contribution >= 0.6 is 0 Å². The van der Waals surface area contributed by atoms with Crippen molar-refractivity contribution in [3.63, 3.8) is 0 Å². The van der Waals surface area contributed by atoms with E-state index in [4.69, 9.17) is 4.74 Å². The monoisotopic (exact) mass is 375 g/mol. The number of para-hydroxylation sites is 1. The van der Waals surface area contributed by atoms with E-state index in [0.717, 1.165) is 11.1 Å². The molecular formula is C22H21N3O3. The summed E-state index contributed by atoms with van der Waals surface area (Å²) in [6.07, 6.45) is 3.11. The first-order chi connectivity index (χ1) is 13.6. The van der Waals surface area contributed by atoms with Crippen LogP contribution in [0, 0.1) is 6.92 Å². The Hall–Kier alpha value is -3.67. The number of rotatable bonds is 7. The fourth-order valence-electron chi connectivity index (χ4n) is 2.52. The molecule has 0 spiro atoms. The number of amides is 2. The Morgan fingerprint density at radius 1 is 1.00 bits per heavy atom. The second-order valence-corrected chi connectivity index (χ2v) is 6.23. The molecule has 0 atom stereocenters. The van der Waals surface area contributed by atoms with Gasteiger partial charge in [-0.05, 0) is 42.8 Å². The molecule has 1 aromatic heterocycles. The number of aryl methyl sites for hydroxylation is 1. The molecule has 0 aliphatic carbocycles. The van der Waals surface area contributed by atoms with Crippen LogP contribution in [0.15, 0.2) is 73.1 Å². The number of hydrogen-bond acceptors (Lipinski definition) is 4. The minimum atomic E-state index is -0.255. The van der Waals surface area contributed by atoms with E-state index in [0.29, 0.717) is 17.0 Å². The van der Waals surface area contributed by atoms with Crippen molar-refractivity contribution in [2.24, 2.45) is 0 Å². The summed E-state index contributed by atoms with van der Waals surface area (Å²) in [5.41, 5.74) is 3.02. The number of hydrogen-bond donors (Lipinski definition) is 2. The lowest BCUT2D eigenvalue weighted by atomic mass is 10.1. The van der Waals surface area contributed by atoms with E-state index < -0.39 is 0 Å². The number of aromatic nitrogens is 1. The Kier molecular flexibility index (Phi) is 6.36. The Morgan fingerprint density at radius 3 is 2.54 bits per heavy atom. The molecule has 3 rings (SSSR count). The lowest BCUT2D eigenvalue weighted by molar-refractivity contribution is -0.123. The first-order valence-electron chi connectivity index (χ1n) is 8.87. The number of pyridine rings is 1. The molecule has 2 N–H and O–H groups in total. The van der Waals surface area contributed by atoms with Crippen molar-refractivity contribution in [2.75, 3.05) is 11.9 Å². The Balaban J connectivity index is 1.55. The van der Waals surface area contributed by atoms with E-state index in [-0.39, 0.29) is 25.0 Å². The molecule has 0 bridgehead atoms. The van der Waals surface area contributed by atoms with E-state index in [1.54, 1.807) is 24.4 Å². The number of carbonyl (C=O) groups excluding carboxylic acids is 2. The summed E-state index contributed by atoms with van der Waals surface area (Å²) in [7, 11) is 0. The zero-order valence-corrected chi connectivity index (χ0v) is 15.5. The third-order valence-electron chi connectivity index (χ3n) is 4.06. The summed E-state index contributed by atoms with van der Waals surface area (Å²) in [4.78, 5) is 28.4. The standard InChI is InChI=1S/C22H21N3O3/c1-16-8-10-19(11-9-16)28-15-21(26)24-14-17-5-2-3-7-20(17)25-22(27)18-6-4-12-23-13-18/h2-13H,14-15H2,1H3,(H,24,26)(H,25,27). The second kappa shape index (κ2) is 9.32. The molecule has 2 amide bonds. The maximum Gasteiger partial charge on any atom is 0.258 e. The van der Waals surface area contributed by atoms with Crippen LogP contribution in [-0.4, -0.2) is 23.4 Å². The molecule has 142 valence electrons. The molecule has 0 aliphatic heterocycles. The van der Waals surface area contributed by atoms with Gasteiger partial charge in [0.2, 0.25) is 0 Å². The van der Waals surface area contributed by atoms with Crippen LogP contribution in [0.3, 0.4) is 0 Å². The van der Waals surface area contributed by atoms with Crippen molar-refractivity contribution in [3.05, 3.63) is 89.7 Å². The van der Waals surface area contributed by atoms with Gasteiger partial charge in [-0.15, -0.1) is 0 Å². The first-order valence-corrected chi connectivity index (χ1v) is 8.87. The molecule has 28 heavy (non-hydrogen) atoms. The molecule has 1 heterocycles. The molecule has 0 saturated carbocycles. The summed E-state index contributed by atoms with van der Waals surface area (Å²) in [5, 5.41) is 5.66. The number of benzene rings is 2. The Bertz CT molecular complexity index is 941. The predicted molar refractivity (Wildman–Crippen MR) is 107 cm³/mol. The fourth-order valence-corrected chi connectivity index (χ4v) is 2.52. The van der Waals surface area contributed by atoms with Crippen molar-refractivity contribution in [1.82, 2.24) is 10.3 Å². The second-order valence-electron chi connectivity index (χ2n) is 6.23. The van der Waals surface area contributed by atoms with E-state index in [1.165, 1.54) is 6.20 Å². The summed E-state index contributed by atoms with van der Waals surface area (Å²) < 4.78 is 5.48. The van der Waals surface area contributed by atoms with E-state index in [9.17, 15) is 9.59 Å². The zero-order valence-electron chi connectivity index (χ0n) is 15.5. The van der Waals surface area contributed by atoms with Gasteiger partial charge in [0.05, 0.1) is 5.56 Å². The number of anilines is 1. The predicted octanol–water partition coefficient (Wildman–Crippen LogP) is 3.34. The van der Waals surface area contributed by atoms with Gasteiger partial charge in [-0.25, -0.2) is 0 Å². The average molecular weight is 375 g/mol. The maximum absolute atomic E-state index is 12.3. The molecule has 0 saturated heterocycles. The Labute approximate surface area is 163 Å². The SMILES string of the molecule is Cc1ccc(OCC(=O)NCc2ccccc2NC(=O)c2cccnc2)cc1.